The number of ether oxygens (including phenoxy) is 1. The van der Waals surface area contributed by atoms with E-state index in [0.717, 1.165) is 37.5 Å². The Bertz CT molecular complexity index is 712. The molecule has 0 saturated carbocycles. The zero-order chi connectivity index (χ0) is 16.1. The van der Waals surface area contributed by atoms with Crippen molar-refractivity contribution in [3.63, 3.8) is 0 Å². The Morgan fingerprint density at radius 3 is 3.00 bits per heavy atom. The van der Waals surface area contributed by atoms with E-state index in [1.807, 2.05) is 18.2 Å². The molecular weight excluding hydrogens is 290 g/mol. The third kappa shape index (κ3) is 3.34. The number of hydrogen-bond acceptors (Lipinski definition) is 6. The lowest BCUT2D eigenvalue weighted by Crippen LogP contribution is -2.23. The molecule has 1 N–H and O–H groups in total. The lowest BCUT2D eigenvalue weighted by atomic mass is 10.1. The van der Waals surface area contributed by atoms with E-state index in [0.29, 0.717) is 17.4 Å². The topological polar surface area (TPSA) is 74.1 Å². The SMILES string of the molecule is COc1ccccc1N1CCC(CNc2nccnc2C#N)C1. The Morgan fingerprint density at radius 1 is 1.35 bits per heavy atom. The highest BCUT2D eigenvalue weighted by Gasteiger charge is 2.24. The average Bonchev–Trinajstić information content (AvgIpc) is 3.09. The summed E-state index contributed by atoms with van der Waals surface area (Å²) < 4.78 is 5.44. The summed E-state index contributed by atoms with van der Waals surface area (Å²) in [5, 5.41) is 12.3. The highest BCUT2D eigenvalue weighted by atomic mass is 16.5. The quantitative estimate of drug-likeness (QED) is 0.913. The molecular formula is C17H19N5O. The van der Waals surface area contributed by atoms with E-state index in [1.54, 1.807) is 13.3 Å². The Labute approximate surface area is 135 Å². The number of benzene rings is 1. The van der Waals surface area contributed by atoms with Crippen LogP contribution in [0.4, 0.5) is 11.5 Å². The third-order valence-electron chi connectivity index (χ3n) is 4.07. The van der Waals surface area contributed by atoms with Crippen LogP contribution in [0.3, 0.4) is 0 Å². The minimum absolute atomic E-state index is 0.340. The zero-order valence-electron chi connectivity index (χ0n) is 13.1. The molecule has 1 saturated heterocycles. The molecule has 23 heavy (non-hydrogen) atoms. The maximum Gasteiger partial charge on any atom is 0.182 e. The van der Waals surface area contributed by atoms with Crippen molar-refractivity contribution in [3.8, 4) is 11.8 Å². The predicted molar refractivity (Wildman–Crippen MR) is 88.6 cm³/mol. The molecule has 0 amide bonds. The van der Waals surface area contributed by atoms with Crippen LogP contribution in [-0.2, 0) is 0 Å². The van der Waals surface area contributed by atoms with Gasteiger partial charge in [-0.05, 0) is 24.5 Å². The minimum atomic E-state index is 0.340. The summed E-state index contributed by atoms with van der Waals surface area (Å²) >= 11 is 0. The van der Waals surface area contributed by atoms with E-state index in [-0.39, 0.29) is 0 Å². The maximum atomic E-state index is 9.04. The van der Waals surface area contributed by atoms with E-state index in [9.17, 15) is 0 Å². The van der Waals surface area contributed by atoms with Crippen molar-refractivity contribution in [2.45, 2.75) is 6.42 Å². The van der Waals surface area contributed by atoms with Crippen LogP contribution in [0.15, 0.2) is 36.7 Å². The van der Waals surface area contributed by atoms with Crippen molar-refractivity contribution in [1.29, 1.82) is 5.26 Å². The van der Waals surface area contributed by atoms with Crippen molar-refractivity contribution in [1.82, 2.24) is 9.97 Å². The number of methoxy groups -OCH3 is 1. The van der Waals surface area contributed by atoms with Gasteiger partial charge in [0.2, 0.25) is 0 Å². The summed E-state index contributed by atoms with van der Waals surface area (Å²) in [5.74, 6) is 1.96. The molecule has 1 aliphatic rings. The van der Waals surface area contributed by atoms with Gasteiger partial charge in [0, 0.05) is 32.0 Å². The first-order chi connectivity index (χ1) is 11.3. The summed E-state index contributed by atoms with van der Waals surface area (Å²) in [7, 11) is 1.70. The Balaban J connectivity index is 1.61. The Morgan fingerprint density at radius 2 is 2.17 bits per heavy atom. The molecule has 6 heteroatoms. The Hall–Kier alpha value is -2.81. The largest absolute Gasteiger partial charge is 0.495 e. The molecule has 0 aliphatic carbocycles. The average molecular weight is 309 g/mol. The molecule has 1 aromatic heterocycles. The van der Waals surface area contributed by atoms with Crippen LogP contribution in [0, 0.1) is 17.2 Å². The Kier molecular flexibility index (Phi) is 4.57. The van der Waals surface area contributed by atoms with E-state index in [1.165, 1.54) is 6.20 Å². The number of aromatic nitrogens is 2. The fourth-order valence-electron chi connectivity index (χ4n) is 2.90. The number of para-hydroxylation sites is 2. The fraction of sp³-hybridized carbons (Fsp3) is 0.353. The van der Waals surface area contributed by atoms with Gasteiger partial charge < -0.3 is 15.0 Å². The number of nitriles is 1. The van der Waals surface area contributed by atoms with E-state index < -0.39 is 0 Å². The van der Waals surface area contributed by atoms with Gasteiger partial charge >= 0.3 is 0 Å². The molecule has 0 spiro atoms. The highest BCUT2D eigenvalue weighted by molar-refractivity contribution is 5.59. The van der Waals surface area contributed by atoms with Gasteiger partial charge in [0.15, 0.2) is 11.5 Å². The molecule has 6 nitrogen and oxygen atoms in total. The third-order valence-corrected chi connectivity index (χ3v) is 4.07. The van der Waals surface area contributed by atoms with E-state index in [4.69, 9.17) is 10.00 Å². The second kappa shape index (κ2) is 6.97. The predicted octanol–water partition coefficient (Wildman–Crippen LogP) is 2.30. The van der Waals surface area contributed by atoms with Crippen LogP contribution in [0.5, 0.6) is 5.75 Å². The van der Waals surface area contributed by atoms with Crippen LogP contribution in [0.25, 0.3) is 0 Å². The van der Waals surface area contributed by atoms with Crippen molar-refractivity contribution >= 4 is 11.5 Å². The van der Waals surface area contributed by atoms with Gasteiger partial charge in [-0.1, -0.05) is 12.1 Å². The normalized spacial score (nSPS) is 16.9. The van der Waals surface area contributed by atoms with Crippen molar-refractivity contribution in [3.05, 3.63) is 42.4 Å². The second-order valence-electron chi connectivity index (χ2n) is 5.52. The molecule has 0 bridgehead atoms. The first-order valence-corrected chi connectivity index (χ1v) is 7.64. The van der Waals surface area contributed by atoms with Gasteiger partial charge in [-0.15, -0.1) is 0 Å². The fourth-order valence-corrected chi connectivity index (χ4v) is 2.90. The second-order valence-corrected chi connectivity index (χ2v) is 5.52. The molecule has 1 aromatic carbocycles. The van der Waals surface area contributed by atoms with Gasteiger partial charge in [0.25, 0.3) is 0 Å². The maximum absolute atomic E-state index is 9.04. The number of anilines is 2. The molecule has 1 fully saturated rings. The summed E-state index contributed by atoms with van der Waals surface area (Å²) in [6.07, 6.45) is 4.22. The van der Waals surface area contributed by atoms with Gasteiger partial charge in [-0.25, -0.2) is 9.97 Å². The highest BCUT2D eigenvalue weighted by Crippen LogP contribution is 2.31. The smallest absolute Gasteiger partial charge is 0.182 e. The van der Waals surface area contributed by atoms with Crippen LogP contribution in [0.2, 0.25) is 0 Å². The summed E-state index contributed by atoms with van der Waals surface area (Å²) in [4.78, 5) is 10.5. The van der Waals surface area contributed by atoms with Crippen molar-refractivity contribution in [2.24, 2.45) is 5.92 Å². The lowest BCUT2D eigenvalue weighted by molar-refractivity contribution is 0.414. The van der Waals surface area contributed by atoms with Gasteiger partial charge in [-0.2, -0.15) is 5.26 Å². The number of rotatable bonds is 5. The van der Waals surface area contributed by atoms with Gasteiger partial charge in [0.05, 0.1) is 12.8 Å². The number of hydrogen-bond donors (Lipinski definition) is 1. The first kappa shape index (κ1) is 15.1. The minimum Gasteiger partial charge on any atom is -0.495 e. The molecule has 1 unspecified atom stereocenters. The van der Waals surface area contributed by atoms with E-state index in [2.05, 4.69) is 32.3 Å². The molecule has 1 aliphatic heterocycles. The van der Waals surface area contributed by atoms with Crippen LogP contribution in [0.1, 0.15) is 12.1 Å². The van der Waals surface area contributed by atoms with Gasteiger partial charge in [-0.3, -0.25) is 0 Å². The van der Waals surface area contributed by atoms with E-state index >= 15 is 0 Å². The standard InChI is InChI=1S/C17H19N5O/c1-23-16-5-3-2-4-15(16)22-9-6-13(12-22)11-21-17-14(10-18)19-7-8-20-17/h2-5,7-8,13H,6,9,11-12H2,1H3,(H,20,21). The molecule has 118 valence electrons. The molecule has 2 heterocycles. The zero-order valence-corrected chi connectivity index (χ0v) is 13.1. The summed E-state index contributed by atoms with van der Waals surface area (Å²) in [5.41, 5.74) is 1.47. The first-order valence-electron chi connectivity index (χ1n) is 7.64. The molecule has 2 aromatic rings. The van der Waals surface area contributed by atoms with Crippen LogP contribution >= 0.6 is 0 Å². The number of nitrogens with zero attached hydrogens (tertiary/aromatic N) is 4. The number of nitrogens with one attached hydrogen (secondary N) is 1. The van der Waals surface area contributed by atoms with Crippen LogP contribution < -0.4 is 15.0 Å². The molecule has 3 rings (SSSR count). The molecule has 0 radical (unpaired) electrons. The van der Waals surface area contributed by atoms with Crippen molar-refractivity contribution < 1.29 is 4.74 Å². The van der Waals surface area contributed by atoms with Gasteiger partial charge in [0.1, 0.15) is 11.8 Å². The molecule has 1 atom stereocenters. The summed E-state index contributed by atoms with van der Waals surface area (Å²) in [6.45, 7) is 2.73. The summed E-state index contributed by atoms with van der Waals surface area (Å²) in [6, 6.07) is 10.1. The van der Waals surface area contributed by atoms with Crippen LogP contribution in [-0.4, -0.2) is 36.7 Å². The lowest BCUT2D eigenvalue weighted by Gasteiger charge is -2.21. The monoisotopic (exact) mass is 309 g/mol. The van der Waals surface area contributed by atoms with Crippen molar-refractivity contribution in [2.75, 3.05) is 37.0 Å².